The van der Waals surface area contributed by atoms with Gasteiger partial charge in [-0.1, -0.05) is 12.1 Å². The van der Waals surface area contributed by atoms with Gasteiger partial charge < -0.3 is 19.7 Å². The van der Waals surface area contributed by atoms with Gasteiger partial charge in [0.1, 0.15) is 11.5 Å². The second-order valence-corrected chi connectivity index (χ2v) is 6.86. The van der Waals surface area contributed by atoms with E-state index in [1.54, 1.807) is 54.9 Å². The molecule has 0 radical (unpaired) electrons. The second-order valence-electron chi connectivity index (χ2n) is 5.92. The highest BCUT2D eigenvalue weighted by atomic mass is 32.2. The van der Waals surface area contributed by atoms with Crippen molar-refractivity contribution in [2.24, 2.45) is 0 Å². The summed E-state index contributed by atoms with van der Waals surface area (Å²) in [5.74, 6) is 0.0942. The predicted octanol–water partition coefficient (Wildman–Crippen LogP) is 3.44. The lowest BCUT2D eigenvalue weighted by atomic mass is 10.1. The van der Waals surface area contributed by atoms with E-state index < -0.39 is 17.0 Å². The number of rotatable bonds is 8. The summed E-state index contributed by atoms with van der Waals surface area (Å²) in [5, 5.41) is 12.2. The summed E-state index contributed by atoms with van der Waals surface area (Å²) in [6, 6.07) is 15.0. The van der Waals surface area contributed by atoms with E-state index in [2.05, 4.69) is 10.3 Å². The standard InChI is InChI=1S/C20H18N2O5S/c23-20(24)15-4-1-3-14(9-15)11-22-12-16-10-17(6-7-19(16)28(25)26)27-18-5-2-8-21-13-18/h1-10,13,22H,11-12H2,(H,23,24)(H,25,26). The van der Waals surface area contributed by atoms with E-state index in [1.807, 2.05) is 6.07 Å². The van der Waals surface area contributed by atoms with Crippen LogP contribution in [0.5, 0.6) is 11.5 Å². The quantitative estimate of drug-likeness (QED) is 0.499. The molecule has 0 saturated carbocycles. The zero-order valence-electron chi connectivity index (χ0n) is 14.7. The summed E-state index contributed by atoms with van der Waals surface area (Å²) >= 11 is -2.14. The van der Waals surface area contributed by atoms with Crippen molar-refractivity contribution in [3.05, 3.63) is 83.7 Å². The minimum atomic E-state index is -2.14. The number of benzene rings is 2. The number of pyridine rings is 1. The summed E-state index contributed by atoms with van der Waals surface area (Å²) in [4.78, 5) is 15.3. The van der Waals surface area contributed by atoms with Gasteiger partial charge in [0, 0.05) is 19.3 Å². The Hall–Kier alpha value is -3.07. The van der Waals surface area contributed by atoms with Gasteiger partial charge in [-0.2, -0.15) is 0 Å². The van der Waals surface area contributed by atoms with Gasteiger partial charge in [0.25, 0.3) is 0 Å². The molecule has 0 aliphatic carbocycles. The molecule has 3 aromatic rings. The average Bonchev–Trinajstić information content (AvgIpc) is 2.69. The van der Waals surface area contributed by atoms with E-state index >= 15 is 0 Å². The van der Waals surface area contributed by atoms with E-state index in [0.29, 0.717) is 30.2 Å². The molecule has 0 amide bonds. The molecule has 0 aliphatic rings. The molecule has 3 N–H and O–H groups in total. The van der Waals surface area contributed by atoms with Crippen LogP contribution in [0.25, 0.3) is 0 Å². The first kappa shape index (κ1) is 19.7. The number of hydrogen-bond acceptors (Lipinski definition) is 5. The highest BCUT2D eigenvalue weighted by Gasteiger charge is 2.11. The molecule has 0 spiro atoms. The Balaban J connectivity index is 1.72. The molecule has 3 rings (SSSR count). The van der Waals surface area contributed by atoms with Crippen molar-refractivity contribution in [2.75, 3.05) is 0 Å². The average molecular weight is 398 g/mol. The van der Waals surface area contributed by atoms with E-state index in [0.717, 1.165) is 5.56 Å². The third-order valence-corrected chi connectivity index (χ3v) is 4.68. The minimum absolute atomic E-state index is 0.211. The van der Waals surface area contributed by atoms with Gasteiger partial charge in [-0.3, -0.25) is 4.98 Å². The van der Waals surface area contributed by atoms with Crippen LogP contribution in [-0.2, 0) is 24.2 Å². The van der Waals surface area contributed by atoms with E-state index in [1.165, 1.54) is 6.07 Å². The summed E-state index contributed by atoms with van der Waals surface area (Å²) in [6.07, 6.45) is 3.21. The zero-order chi connectivity index (χ0) is 19.9. The van der Waals surface area contributed by atoms with Crippen molar-refractivity contribution in [3.8, 4) is 11.5 Å². The molecule has 1 unspecified atom stereocenters. The second kappa shape index (κ2) is 9.23. The number of carboxylic acids is 1. The normalized spacial score (nSPS) is 11.8. The van der Waals surface area contributed by atoms with Gasteiger partial charge in [-0.25, -0.2) is 9.00 Å². The number of hydrogen-bond donors (Lipinski definition) is 3. The lowest BCUT2D eigenvalue weighted by Crippen LogP contribution is -2.15. The van der Waals surface area contributed by atoms with Gasteiger partial charge in [0.2, 0.25) is 0 Å². The first-order chi connectivity index (χ1) is 13.5. The van der Waals surface area contributed by atoms with Crippen molar-refractivity contribution < 1.29 is 23.4 Å². The summed E-state index contributed by atoms with van der Waals surface area (Å²) < 4.78 is 26.9. The van der Waals surface area contributed by atoms with Crippen molar-refractivity contribution in [2.45, 2.75) is 18.0 Å². The van der Waals surface area contributed by atoms with Crippen LogP contribution in [0.3, 0.4) is 0 Å². The van der Waals surface area contributed by atoms with Gasteiger partial charge in [-0.15, -0.1) is 0 Å². The number of aromatic carboxylic acids is 1. The molecule has 1 heterocycles. The lowest BCUT2D eigenvalue weighted by Gasteiger charge is -2.12. The van der Waals surface area contributed by atoms with Gasteiger partial charge in [0.05, 0.1) is 16.7 Å². The minimum Gasteiger partial charge on any atom is -0.478 e. The molecular formula is C20H18N2O5S. The number of aromatic nitrogens is 1. The molecule has 2 aromatic carbocycles. The number of carbonyl (C=O) groups is 1. The highest BCUT2D eigenvalue weighted by molar-refractivity contribution is 7.79. The highest BCUT2D eigenvalue weighted by Crippen LogP contribution is 2.25. The monoisotopic (exact) mass is 398 g/mol. The molecule has 0 saturated heterocycles. The van der Waals surface area contributed by atoms with Crippen molar-refractivity contribution in [1.82, 2.24) is 10.3 Å². The Morgan fingerprint density at radius 2 is 1.93 bits per heavy atom. The summed E-state index contributed by atoms with van der Waals surface area (Å²) in [6.45, 7) is 0.718. The number of nitrogens with one attached hydrogen (secondary N) is 1. The molecule has 7 nitrogen and oxygen atoms in total. The van der Waals surface area contributed by atoms with Crippen LogP contribution < -0.4 is 10.1 Å². The first-order valence-electron chi connectivity index (χ1n) is 8.37. The molecular weight excluding hydrogens is 380 g/mol. The molecule has 1 aromatic heterocycles. The Bertz CT molecular complexity index is 995. The Morgan fingerprint density at radius 3 is 2.64 bits per heavy atom. The molecule has 144 valence electrons. The first-order valence-corrected chi connectivity index (χ1v) is 9.48. The van der Waals surface area contributed by atoms with Crippen LogP contribution in [0.15, 0.2) is 71.9 Å². The third-order valence-electron chi connectivity index (χ3n) is 3.91. The molecule has 0 fully saturated rings. The van der Waals surface area contributed by atoms with Gasteiger partial charge in [0.15, 0.2) is 11.1 Å². The van der Waals surface area contributed by atoms with E-state index in [4.69, 9.17) is 9.84 Å². The fourth-order valence-electron chi connectivity index (χ4n) is 2.63. The lowest BCUT2D eigenvalue weighted by molar-refractivity contribution is 0.0696. The summed E-state index contributed by atoms with van der Waals surface area (Å²) in [5.41, 5.74) is 1.62. The molecule has 0 bridgehead atoms. The van der Waals surface area contributed by atoms with Crippen molar-refractivity contribution in [3.63, 3.8) is 0 Å². The maximum Gasteiger partial charge on any atom is 0.335 e. The number of nitrogens with zero attached hydrogens (tertiary/aromatic N) is 1. The Labute approximate surface area is 164 Å². The summed E-state index contributed by atoms with van der Waals surface area (Å²) in [7, 11) is 0. The van der Waals surface area contributed by atoms with E-state index in [9.17, 15) is 13.6 Å². The van der Waals surface area contributed by atoms with Crippen LogP contribution in [0.2, 0.25) is 0 Å². The van der Waals surface area contributed by atoms with Crippen molar-refractivity contribution >= 4 is 17.0 Å². The van der Waals surface area contributed by atoms with Crippen LogP contribution >= 0.6 is 0 Å². The van der Waals surface area contributed by atoms with Crippen LogP contribution in [0.1, 0.15) is 21.5 Å². The predicted molar refractivity (Wildman–Crippen MR) is 104 cm³/mol. The van der Waals surface area contributed by atoms with Crippen LogP contribution in [-0.4, -0.2) is 24.8 Å². The van der Waals surface area contributed by atoms with E-state index in [-0.39, 0.29) is 10.5 Å². The smallest absolute Gasteiger partial charge is 0.335 e. The zero-order valence-corrected chi connectivity index (χ0v) is 15.6. The Morgan fingerprint density at radius 1 is 1.07 bits per heavy atom. The Kier molecular flexibility index (Phi) is 6.49. The van der Waals surface area contributed by atoms with Crippen LogP contribution in [0, 0.1) is 0 Å². The maximum absolute atomic E-state index is 11.6. The fourth-order valence-corrected chi connectivity index (χ4v) is 3.17. The molecule has 0 aliphatic heterocycles. The third kappa shape index (κ3) is 5.23. The molecule has 28 heavy (non-hydrogen) atoms. The van der Waals surface area contributed by atoms with Crippen molar-refractivity contribution in [1.29, 1.82) is 0 Å². The van der Waals surface area contributed by atoms with Crippen LogP contribution in [0.4, 0.5) is 0 Å². The molecule has 8 heteroatoms. The SMILES string of the molecule is O=C(O)c1cccc(CNCc2cc(Oc3cccnc3)ccc2S(=O)O)c1. The van der Waals surface area contributed by atoms with Gasteiger partial charge in [-0.05, 0) is 53.6 Å². The largest absolute Gasteiger partial charge is 0.478 e. The topological polar surface area (TPSA) is 109 Å². The fraction of sp³-hybridized carbons (Fsp3) is 0.100. The number of ether oxygens (including phenoxy) is 1. The number of carboxylic acid groups (broad SMARTS) is 1. The molecule has 1 atom stereocenters. The maximum atomic E-state index is 11.6. The van der Waals surface area contributed by atoms with Gasteiger partial charge >= 0.3 is 5.97 Å².